The van der Waals surface area contributed by atoms with E-state index in [0.717, 1.165) is 72.1 Å². The van der Waals surface area contributed by atoms with Gasteiger partial charge in [0.2, 0.25) is 0 Å². The summed E-state index contributed by atoms with van der Waals surface area (Å²) in [5, 5.41) is 22.0. The van der Waals surface area contributed by atoms with Gasteiger partial charge < -0.3 is 10.2 Å². The fourth-order valence-corrected chi connectivity index (χ4v) is 12.7. The molecule has 0 aliphatic carbocycles. The third-order valence-electron chi connectivity index (χ3n) is 15.9. The van der Waals surface area contributed by atoms with Gasteiger partial charge in [0, 0.05) is 80.1 Å². The number of hydrogen-bond acceptors (Lipinski definition) is 10. The Hall–Kier alpha value is -10.9. The summed E-state index contributed by atoms with van der Waals surface area (Å²) in [6.07, 6.45) is 5.07. The summed E-state index contributed by atoms with van der Waals surface area (Å²) in [7, 11) is 0. The number of fused-ring (bicyclic) bond motifs is 6. The Balaban J connectivity index is 0.000000141. The van der Waals surface area contributed by atoms with Crippen molar-refractivity contribution in [1.82, 2.24) is 34.9 Å². The van der Waals surface area contributed by atoms with Gasteiger partial charge in [0.05, 0.1) is 28.9 Å². The molecule has 0 saturated carbocycles. The van der Waals surface area contributed by atoms with E-state index in [9.17, 15) is 0 Å². The first-order valence-corrected chi connectivity index (χ1v) is 32.1. The molecule has 9 nitrogen and oxygen atoms in total. The molecule has 16 aromatic rings. The average Bonchev–Trinajstić information content (AvgIpc) is 1.61. The van der Waals surface area contributed by atoms with Crippen LogP contribution in [-0.2, 0) is 20.1 Å². The van der Waals surface area contributed by atoms with Crippen LogP contribution in [0.3, 0.4) is 0 Å². The monoisotopic (exact) mass is 1430 g/mol. The fourth-order valence-electron chi connectivity index (χ4n) is 11.5. The van der Waals surface area contributed by atoms with Gasteiger partial charge in [0.15, 0.2) is 17.5 Å². The molecule has 16 rings (SSSR count). The number of thiophene rings is 1. The summed E-state index contributed by atoms with van der Waals surface area (Å²) in [6, 6.07) is 105. The molecule has 0 amide bonds. The number of aliphatic hydroxyl groups is 2. The first-order chi connectivity index (χ1) is 46.3. The number of nitrogens with zero attached hydrogens (tertiary/aromatic N) is 7. The van der Waals surface area contributed by atoms with E-state index in [0.29, 0.717) is 23.9 Å². The summed E-state index contributed by atoms with van der Waals surface area (Å²) in [6.45, 7) is 3.32. The van der Waals surface area contributed by atoms with E-state index in [1.54, 1.807) is 20.2 Å². The van der Waals surface area contributed by atoms with Crippen LogP contribution >= 0.6 is 11.3 Å². The molecule has 463 valence electrons. The third-order valence-corrected chi connectivity index (χ3v) is 17.1. The largest absolute Gasteiger partial charge is 0.393 e. The molecule has 0 saturated heterocycles. The Kier molecular flexibility index (Phi) is 20.8. The van der Waals surface area contributed by atoms with E-state index >= 15 is 0 Å². The maximum absolute atomic E-state index is 8.56. The smallest absolute Gasteiger partial charge is 0.164 e. The number of aliphatic hydroxyl groups excluding tert-OH is 2. The number of aromatic nitrogens is 7. The number of rotatable bonds is 11. The second kappa shape index (κ2) is 30.7. The van der Waals surface area contributed by atoms with Gasteiger partial charge in [-0.25, -0.2) is 19.9 Å². The van der Waals surface area contributed by atoms with Gasteiger partial charge in [-0.05, 0) is 106 Å². The Bertz CT molecular complexity index is 4970. The van der Waals surface area contributed by atoms with Crippen molar-refractivity contribution in [1.29, 1.82) is 0 Å². The van der Waals surface area contributed by atoms with Gasteiger partial charge in [0.1, 0.15) is 6.33 Å². The summed E-state index contributed by atoms with van der Waals surface area (Å²) >= 11 is 1.86. The molecule has 0 fully saturated rings. The number of benzene rings is 11. The van der Waals surface area contributed by atoms with E-state index in [-0.39, 0.29) is 32.3 Å². The summed E-state index contributed by atoms with van der Waals surface area (Å²) in [4.78, 5) is 32.6. The maximum atomic E-state index is 8.56. The molecule has 0 aliphatic rings. The Morgan fingerprint density at radius 3 is 1.31 bits per heavy atom. The number of pyridine rings is 2. The van der Waals surface area contributed by atoms with Gasteiger partial charge in [-0.3, -0.25) is 15.0 Å². The minimum Gasteiger partial charge on any atom is -0.393 e. The molecule has 0 bridgehead atoms. The standard InChI is InChI=1S/C39H25N3S.C24H16N2.C16H11N2.C5H12O2.Ir/c1-3-12-26(13-4-1)37-40-38(27-14-5-2-6-15-27)42-39(41-37)31-19-10-17-29(25-31)28-16-9-18-30(24-28)32-21-11-22-34-33-20-7-8-23-35(33)43-36(32)34;1-3-7-17(8-4-1)19-13-15-25-23-21(19)11-12-22-20(14-16-26-24(22)23)18-9-5-2-6-10-18;1-3-7-13(8-4-1)15-11-16(18-12-17-15)14-9-5-2-6-10-14;1-4(6)3-5(2)7;/h1-25H;1-16H;1-9,11-12H;4-7H,3H2,1-2H3;/q;;-1;;. The Morgan fingerprint density at radius 2 is 0.779 bits per heavy atom. The van der Waals surface area contributed by atoms with Crippen LogP contribution in [0.15, 0.2) is 316 Å². The van der Waals surface area contributed by atoms with Crippen molar-refractivity contribution < 1.29 is 30.3 Å². The molecule has 1 radical (unpaired) electrons. The molecule has 11 aromatic carbocycles. The van der Waals surface area contributed by atoms with Crippen molar-refractivity contribution in [2.45, 2.75) is 32.5 Å². The zero-order chi connectivity index (χ0) is 64.0. The first kappa shape index (κ1) is 64.2. The Morgan fingerprint density at radius 1 is 0.347 bits per heavy atom. The molecular weight excluding hydrogens is 1360 g/mol. The predicted octanol–water partition coefficient (Wildman–Crippen LogP) is 20.4. The molecule has 0 aliphatic heterocycles. The molecule has 5 heterocycles. The zero-order valence-corrected chi connectivity index (χ0v) is 55.4. The van der Waals surface area contributed by atoms with E-state index in [1.807, 2.05) is 157 Å². The van der Waals surface area contributed by atoms with Crippen LogP contribution in [0.2, 0.25) is 0 Å². The van der Waals surface area contributed by atoms with Crippen LogP contribution in [0.25, 0.3) is 143 Å². The van der Waals surface area contributed by atoms with E-state index in [2.05, 4.69) is 190 Å². The first-order valence-electron chi connectivity index (χ1n) is 31.2. The van der Waals surface area contributed by atoms with Crippen LogP contribution in [0, 0.1) is 6.07 Å². The molecule has 2 N–H and O–H groups in total. The van der Waals surface area contributed by atoms with Gasteiger partial charge in [-0.15, -0.1) is 47.2 Å². The van der Waals surface area contributed by atoms with Gasteiger partial charge >= 0.3 is 0 Å². The van der Waals surface area contributed by atoms with Crippen LogP contribution in [-0.4, -0.2) is 57.3 Å². The normalized spacial score (nSPS) is 11.5. The molecule has 95 heavy (non-hydrogen) atoms. The second-order valence-electron chi connectivity index (χ2n) is 22.7. The second-order valence-corrected chi connectivity index (χ2v) is 23.7. The minimum atomic E-state index is -0.375. The third kappa shape index (κ3) is 15.3. The summed E-state index contributed by atoms with van der Waals surface area (Å²) in [5.41, 5.74) is 18.2. The molecule has 5 aromatic heterocycles. The van der Waals surface area contributed by atoms with Crippen molar-refractivity contribution in [3.63, 3.8) is 0 Å². The molecular formula is C84H64IrN7O2S-. The van der Waals surface area contributed by atoms with Gasteiger partial charge in [-0.1, -0.05) is 243 Å². The Labute approximate surface area is 570 Å². The van der Waals surface area contributed by atoms with Crippen molar-refractivity contribution in [2.75, 3.05) is 0 Å². The predicted molar refractivity (Wildman–Crippen MR) is 388 cm³/mol. The van der Waals surface area contributed by atoms with Gasteiger partial charge in [-0.2, -0.15) is 0 Å². The number of hydrogen-bond donors (Lipinski definition) is 2. The SMILES string of the molecule is CC(O)CC(C)O.[Ir].[c-]1ccccc1-c1cc(-c2ccccc2)ncn1.c1ccc(-c2ccnc3c2ccc2c(-c4ccccc4)ccnc23)cc1.c1ccc(-c2nc(-c3ccccc3)nc(-c3cccc(-c4cccc(-c5cccc6c5sc5ccccc56)c4)c3)n2)cc1. The van der Waals surface area contributed by atoms with Crippen LogP contribution in [0.1, 0.15) is 20.3 Å². The van der Waals surface area contributed by atoms with E-state index < -0.39 is 0 Å². The maximum Gasteiger partial charge on any atom is 0.164 e. The van der Waals surface area contributed by atoms with Gasteiger partial charge in [0.25, 0.3) is 0 Å². The summed E-state index contributed by atoms with van der Waals surface area (Å²) < 4.78 is 2.64. The zero-order valence-electron chi connectivity index (χ0n) is 52.2. The van der Waals surface area contributed by atoms with Crippen LogP contribution < -0.4 is 0 Å². The average molecular weight is 1430 g/mol. The molecule has 0 spiro atoms. The van der Waals surface area contributed by atoms with Crippen molar-refractivity contribution in [3.05, 3.63) is 322 Å². The van der Waals surface area contributed by atoms with Crippen LogP contribution in [0.5, 0.6) is 0 Å². The quantitative estimate of drug-likeness (QED) is 0.0960. The minimum absolute atomic E-state index is 0. The van der Waals surface area contributed by atoms with E-state index in [4.69, 9.17) is 25.2 Å². The van der Waals surface area contributed by atoms with Crippen molar-refractivity contribution in [2.24, 2.45) is 0 Å². The molecule has 2 unspecified atom stereocenters. The molecule has 11 heteroatoms. The fraction of sp³-hybridized carbons (Fsp3) is 0.0595. The van der Waals surface area contributed by atoms with Crippen molar-refractivity contribution in [3.8, 4) is 101 Å². The van der Waals surface area contributed by atoms with Crippen molar-refractivity contribution >= 4 is 53.3 Å². The topological polar surface area (TPSA) is 131 Å². The van der Waals surface area contributed by atoms with Crippen LogP contribution in [0.4, 0.5) is 0 Å². The van der Waals surface area contributed by atoms with E-state index in [1.165, 1.54) is 53.6 Å². The molecule has 2 atom stereocenters. The summed E-state index contributed by atoms with van der Waals surface area (Å²) in [5.74, 6) is 1.97.